The molecule has 0 saturated heterocycles. The molecule has 1 aliphatic carbocycles. The van der Waals surface area contributed by atoms with Crippen molar-refractivity contribution in [3.8, 4) is 22.4 Å². The molecular formula is C19H20N3O+. The minimum absolute atomic E-state index is 0.0119. The maximum Gasteiger partial charge on any atom is 0.279 e. The van der Waals surface area contributed by atoms with Gasteiger partial charge in [-0.2, -0.15) is 9.78 Å². The van der Waals surface area contributed by atoms with Crippen LogP contribution in [-0.4, -0.2) is 22.9 Å². The summed E-state index contributed by atoms with van der Waals surface area (Å²) in [5, 5.41) is 6.51. The Kier molecular flexibility index (Phi) is 3.27. The van der Waals surface area contributed by atoms with Gasteiger partial charge in [-0.25, -0.2) is 0 Å². The molecule has 4 rings (SSSR count). The van der Waals surface area contributed by atoms with Gasteiger partial charge in [-0.05, 0) is 31.0 Å². The Morgan fingerprint density at radius 1 is 0.957 bits per heavy atom. The van der Waals surface area contributed by atoms with Crippen molar-refractivity contribution in [1.82, 2.24) is 9.78 Å². The highest BCUT2D eigenvalue weighted by molar-refractivity contribution is 6.13. The molecule has 2 aromatic carbocycles. The summed E-state index contributed by atoms with van der Waals surface area (Å²) in [5.74, 6) is 0. The molecule has 0 radical (unpaired) electrons. The Balaban J connectivity index is 2.01. The van der Waals surface area contributed by atoms with Gasteiger partial charge in [0.05, 0.1) is 18.5 Å². The van der Waals surface area contributed by atoms with Crippen LogP contribution < -0.4 is 10.5 Å². The van der Waals surface area contributed by atoms with Crippen molar-refractivity contribution in [2.75, 3.05) is 13.1 Å². The second-order valence-electron chi connectivity index (χ2n) is 6.04. The molecule has 116 valence electrons. The van der Waals surface area contributed by atoms with Gasteiger partial charge in [0.2, 0.25) is 0 Å². The van der Waals surface area contributed by atoms with Crippen molar-refractivity contribution in [2.24, 2.45) is 0 Å². The number of nitrogens with one attached hydrogen (secondary N) is 1. The largest absolute Gasteiger partial charge is 0.317 e. The van der Waals surface area contributed by atoms with Crippen LogP contribution in [0.5, 0.6) is 0 Å². The van der Waals surface area contributed by atoms with E-state index in [1.165, 1.54) is 10.5 Å². The minimum Gasteiger partial charge on any atom is -0.317 e. The fourth-order valence-corrected chi connectivity index (χ4v) is 3.47. The molecule has 0 unspecified atom stereocenters. The van der Waals surface area contributed by atoms with Gasteiger partial charge in [0.1, 0.15) is 5.69 Å². The molecule has 1 aliphatic rings. The zero-order valence-corrected chi connectivity index (χ0v) is 13.5. The van der Waals surface area contributed by atoms with Crippen molar-refractivity contribution in [1.29, 1.82) is 0 Å². The molecule has 1 heterocycles. The number of hydrogen-bond donors (Lipinski definition) is 1. The van der Waals surface area contributed by atoms with Gasteiger partial charge < -0.3 is 4.90 Å². The van der Waals surface area contributed by atoms with E-state index in [0.29, 0.717) is 6.67 Å². The molecule has 1 aromatic heterocycles. The molecule has 0 amide bonds. The Morgan fingerprint density at radius 2 is 1.65 bits per heavy atom. The molecule has 23 heavy (non-hydrogen) atoms. The lowest BCUT2D eigenvalue weighted by Crippen LogP contribution is -3.11. The van der Waals surface area contributed by atoms with Gasteiger partial charge in [-0.15, -0.1) is 0 Å². The Morgan fingerprint density at radius 3 is 2.39 bits per heavy atom. The second kappa shape index (κ2) is 5.32. The summed E-state index contributed by atoms with van der Waals surface area (Å²) >= 11 is 0. The average molecular weight is 306 g/mol. The van der Waals surface area contributed by atoms with Gasteiger partial charge in [0.25, 0.3) is 5.56 Å². The Hall–Kier alpha value is -2.46. The lowest BCUT2D eigenvalue weighted by molar-refractivity contribution is -0.920. The van der Waals surface area contributed by atoms with E-state index in [1.54, 1.807) is 4.68 Å². The first-order chi connectivity index (χ1) is 11.2. The van der Waals surface area contributed by atoms with E-state index in [-0.39, 0.29) is 5.56 Å². The van der Waals surface area contributed by atoms with Gasteiger partial charge in [-0.3, -0.25) is 4.79 Å². The number of quaternary nitrogens is 1. The Bertz CT molecular complexity index is 954. The summed E-state index contributed by atoms with van der Waals surface area (Å²) in [5.41, 5.74) is 4.38. The third-order valence-electron chi connectivity index (χ3n) is 4.83. The summed E-state index contributed by atoms with van der Waals surface area (Å²) in [6.45, 7) is 6.85. The van der Waals surface area contributed by atoms with E-state index in [4.69, 9.17) is 5.10 Å². The number of rotatable bonds is 4. The van der Waals surface area contributed by atoms with Gasteiger partial charge >= 0.3 is 0 Å². The number of hydrogen-bond acceptors (Lipinski definition) is 2. The molecule has 4 heteroatoms. The molecule has 3 aromatic rings. The third kappa shape index (κ3) is 2.02. The lowest BCUT2D eigenvalue weighted by Gasteiger charge is -2.16. The lowest BCUT2D eigenvalue weighted by atomic mass is 10.0. The number of benzene rings is 2. The Labute approximate surface area is 135 Å². The van der Waals surface area contributed by atoms with Crippen molar-refractivity contribution in [2.45, 2.75) is 20.5 Å². The fourth-order valence-electron chi connectivity index (χ4n) is 3.47. The van der Waals surface area contributed by atoms with E-state index < -0.39 is 0 Å². The van der Waals surface area contributed by atoms with Crippen LogP contribution in [0.3, 0.4) is 0 Å². The maximum absolute atomic E-state index is 12.9. The van der Waals surface area contributed by atoms with Gasteiger partial charge in [-0.1, -0.05) is 36.4 Å². The van der Waals surface area contributed by atoms with Crippen LogP contribution in [0.4, 0.5) is 0 Å². The minimum atomic E-state index is 0.0119. The fraction of sp³-hybridized carbons (Fsp3) is 0.263. The first-order valence-corrected chi connectivity index (χ1v) is 8.21. The topological polar surface area (TPSA) is 39.3 Å². The predicted octanol–water partition coefficient (Wildman–Crippen LogP) is 1.93. The summed E-state index contributed by atoms with van der Waals surface area (Å²) < 4.78 is 1.64. The van der Waals surface area contributed by atoms with Crippen LogP contribution >= 0.6 is 0 Å². The van der Waals surface area contributed by atoms with Crippen LogP contribution in [0, 0.1) is 0 Å². The molecule has 0 fully saturated rings. The smallest absolute Gasteiger partial charge is 0.279 e. The van der Waals surface area contributed by atoms with E-state index in [0.717, 1.165) is 40.7 Å². The van der Waals surface area contributed by atoms with Gasteiger partial charge in [0.15, 0.2) is 6.67 Å². The molecular weight excluding hydrogens is 286 g/mol. The van der Waals surface area contributed by atoms with Crippen LogP contribution in [-0.2, 0) is 6.67 Å². The van der Waals surface area contributed by atoms with Crippen LogP contribution in [0.25, 0.3) is 33.2 Å². The number of aromatic nitrogens is 2. The normalized spacial score (nSPS) is 12.1. The van der Waals surface area contributed by atoms with E-state index in [1.807, 2.05) is 24.3 Å². The highest BCUT2D eigenvalue weighted by Gasteiger charge is 2.25. The van der Waals surface area contributed by atoms with Crippen LogP contribution in [0.2, 0.25) is 0 Å². The first kappa shape index (κ1) is 14.2. The summed E-state index contributed by atoms with van der Waals surface area (Å²) in [4.78, 5) is 14.2. The third-order valence-corrected chi connectivity index (χ3v) is 4.83. The highest BCUT2D eigenvalue weighted by Crippen LogP contribution is 2.44. The SMILES string of the molecule is CC[NH+](CC)Cn1nc2c3c(cccc3c1=O)-c1ccccc1-2. The standard InChI is InChI=1S/C19H19N3O/c1-3-21(4-2)12-22-19(23)16-11-7-10-14-13-8-5-6-9-15(13)18(20-22)17(14)16/h5-11H,3-4,12H2,1-2H3/p+1. The molecule has 0 saturated carbocycles. The first-order valence-electron chi connectivity index (χ1n) is 8.21. The predicted molar refractivity (Wildman–Crippen MR) is 92.5 cm³/mol. The molecule has 0 bridgehead atoms. The zero-order chi connectivity index (χ0) is 16.0. The van der Waals surface area contributed by atoms with Crippen molar-refractivity contribution in [3.05, 3.63) is 52.8 Å². The van der Waals surface area contributed by atoms with Gasteiger partial charge in [0, 0.05) is 10.9 Å². The van der Waals surface area contributed by atoms with Crippen molar-refractivity contribution >= 4 is 10.8 Å². The molecule has 4 nitrogen and oxygen atoms in total. The van der Waals surface area contributed by atoms with E-state index in [2.05, 4.69) is 32.0 Å². The summed E-state index contributed by atoms with van der Waals surface area (Å²) in [7, 11) is 0. The van der Waals surface area contributed by atoms with E-state index in [9.17, 15) is 4.79 Å². The highest BCUT2D eigenvalue weighted by atomic mass is 16.1. The van der Waals surface area contributed by atoms with Crippen molar-refractivity contribution in [3.63, 3.8) is 0 Å². The van der Waals surface area contributed by atoms with Crippen LogP contribution in [0.15, 0.2) is 47.3 Å². The molecule has 0 atom stereocenters. The molecule has 0 aliphatic heterocycles. The quantitative estimate of drug-likeness (QED) is 0.626. The maximum atomic E-state index is 12.9. The van der Waals surface area contributed by atoms with E-state index >= 15 is 0 Å². The zero-order valence-electron chi connectivity index (χ0n) is 13.5. The van der Waals surface area contributed by atoms with Crippen molar-refractivity contribution < 1.29 is 4.90 Å². The second-order valence-corrected chi connectivity index (χ2v) is 6.04. The molecule has 1 N–H and O–H groups in total. The monoisotopic (exact) mass is 306 g/mol. The summed E-state index contributed by atoms with van der Waals surface area (Å²) in [6.07, 6.45) is 0. The average Bonchev–Trinajstić information content (AvgIpc) is 2.92. The summed E-state index contributed by atoms with van der Waals surface area (Å²) in [6, 6.07) is 14.2. The number of fused-ring (bicyclic) bond motifs is 3. The van der Waals surface area contributed by atoms with Crippen LogP contribution in [0.1, 0.15) is 13.8 Å². The molecule has 0 spiro atoms. The number of nitrogens with zero attached hydrogens (tertiary/aromatic N) is 2.